The average Bonchev–Trinajstić information content (AvgIpc) is 2.81. The number of phenolic OH excluding ortho intramolecular Hbond substituents is 1. The molecular formula is C24H25N3O4. The Labute approximate surface area is 180 Å². The molecular weight excluding hydrogens is 394 g/mol. The molecule has 3 aromatic carbocycles. The first-order valence-corrected chi connectivity index (χ1v) is 10.1. The maximum Gasteiger partial charge on any atom is 0.328 e. The van der Waals surface area contributed by atoms with E-state index >= 15 is 0 Å². The molecule has 3 rings (SSSR count). The van der Waals surface area contributed by atoms with Gasteiger partial charge in [-0.2, -0.15) is 5.11 Å². The van der Waals surface area contributed by atoms with Crippen molar-refractivity contribution in [1.82, 2.24) is 5.32 Å². The molecule has 160 valence electrons. The van der Waals surface area contributed by atoms with Crippen molar-refractivity contribution < 1.29 is 19.4 Å². The van der Waals surface area contributed by atoms with Crippen molar-refractivity contribution in [3.8, 4) is 5.75 Å². The lowest BCUT2D eigenvalue weighted by Gasteiger charge is -2.21. The van der Waals surface area contributed by atoms with E-state index in [0.717, 1.165) is 17.2 Å². The first-order valence-electron chi connectivity index (χ1n) is 10.1. The fraction of sp³-hybridized carbons (Fsp3) is 0.250. The van der Waals surface area contributed by atoms with E-state index in [0.29, 0.717) is 16.9 Å². The summed E-state index contributed by atoms with van der Waals surface area (Å²) in [6.07, 6.45) is 0.723. The van der Waals surface area contributed by atoms with Gasteiger partial charge in [-0.1, -0.05) is 50.6 Å². The van der Waals surface area contributed by atoms with Crippen molar-refractivity contribution in [2.24, 2.45) is 16.1 Å². The van der Waals surface area contributed by atoms with Crippen LogP contribution in [-0.4, -0.2) is 30.1 Å². The third-order valence-electron chi connectivity index (χ3n) is 5.23. The van der Waals surface area contributed by atoms with E-state index in [1.165, 1.54) is 7.11 Å². The Bertz CT molecular complexity index is 1110. The molecule has 2 N–H and O–H groups in total. The number of ether oxygens (including phenoxy) is 1. The van der Waals surface area contributed by atoms with Gasteiger partial charge in [-0.05, 0) is 41.6 Å². The fourth-order valence-corrected chi connectivity index (χ4v) is 3.16. The van der Waals surface area contributed by atoms with Crippen molar-refractivity contribution in [1.29, 1.82) is 0 Å². The maximum absolute atomic E-state index is 12.6. The van der Waals surface area contributed by atoms with Gasteiger partial charge in [-0.3, -0.25) is 4.79 Å². The molecule has 7 nitrogen and oxygen atoms in total. The summed E-state index contributed by atoms with van der Waals surface area (Å²) in [6, 6.07) is 16.8. The van der Waals surface area contributed by atoms with E-state index in [-0.39, 0.29) is 17.6 Å². The topological polar surface area (TPSA) is 100 Å². The molecule has 7 heteroatoms. The van der Waals surface area contributed by atoms with Crippen LogP contribution in [-0.2, 0) is 9.53 Å². The zero-order valence-corrected chi connectivity index (χ0v) is 17.7. The molecule has 0 aliphatic heterocycles. The van der Waals surface area contributed by atoms with Gasteiger partial charge in [0.05, 0.1) is 12.8 Å². The summed E-state index contributed by atoms with van der Waals surface area (Å²) >= 11 is 0. The van der Waals surface area contributed by atoms with Crippen LogP contribution in [0.3, 0.4) is 0 Å². The summed E-state index contributed by atoms with van der Waals surface area (Å²) in [4.78, 5) is 24.6. The normalized spacial score (nSPS) is 13.1. The fourth-order valence-electron chi connectivity index (χ4n) is 3.16. The molecule has 31 heavy (non-hydrogen) atoms. The molecule has 0 aliphatic rings. The third kappa shape index (κ3) is 5.06. The molecule has 0 radical (unpaired) electrons. The first-order chi connectivity index (χ1) is 14.9. The highest BCUT2D eigenvalue weighted by Crippen LogP contribution is 2.35. The van der Waals surface area contributed by atoms with Crippen LogP contribution in [0.5, 0.6) is 5.75 Å². The number of nitrogens with zero attached hydrogens (tertiary/aromatic N) is 2. The van der Waals surface area contributed by atoms with Gasteiger partial charge >= 0.3 is 5.97 Å². The van der Waals surface area contributed by atoms with Gasteiger partial charge in [0.1, 0.15) is 17.5 Å². The van der Waals surface area contributed by atoms with Gasteiger partial charge in [-0.25, -0.2) is 4.79 Å². The number of fused-ring (bicyclic) bond motifs is 1. The number of hydrogen-bond donors (Lipinski definition) is 2. The number of nitrogens with one attached hydrogen (secondary N) is 1. The van der Waals surface area contributed by atoms with Gasteiger partial charge < -0.3 is 15.2 Å². The SMILES string of the molecule is CCC(C)C(NC(=O)c1ccc(N=Nc2c(O)ccc3ccccc23)cc1)C(=O)OC. The van der Waals surface area contributed by atoms with Crippen molar-refractivity contribution >= 4 is 34.0 Å². The van der Waals surface area contributed by atoms with Crippen molar-refractivity contribution in [2.75, 3.05) is 7.11 Å². The van der Waals surface area contributed by atoms with Crippen LogP contribution >= 0.6 is 0 Å². The van der Waals surface area contributed by atoms with Crippen LogP contribution < -0.4 is 5.32 Å². The second kappa shape index (κ2) is 9.84. The highest BCUT2D eigenvalue weighted by atomic mass is 16.5. The number of hydrogen-bond acceptors (Lipinski definition) is 6. The van der Waals surface area contributed by atoms with Crippen LogP contribution in [0, 0.1) is 5.92 Å². The zero-order chi connectivity index (χ0) is 22.4. The molecule has 0 heterocycles. The molecule has 0 saturated heterocycles. The zero-order valence-electron chi connectivity index (χ0n) is 17.7. The Morgan fingerprint density at radius 2 is 1.74 bits per heavy atom. The molecule has 0 aliphatic carbocycles. The third-order valence-corrected chi connectivity index (χ3v) is 5.23. The highest BCUT2D eigenvalue weighted by molar-refractivity contribution is 5.97. The lowest BCUT2D eigenvalue weighted by atomic mass is 9.99. The lowest BCUT2D eigenvalue weighted by Crippen LogP contribution is -2.45. The van der Waals surface area contributed by atoms with Gasteiger partial charge in [-0.15, -0.1) is 5.11 Å². The Hall–Kier alpha value is -3.74. The van der Waals surface area contributed by atoms with Crippen LogP contribution in [0.4, 0.5) is 11.4 Å². The summed E-state index contributed by atoms with van der Waals surface area (Å²) in [6.45, 7) is 3.83. The predicted molar refractivity (Wildman–Crippen MR) is 119 cm³/mol. The van der Waals surface area contributed by atoms with Crippen molar-refractivity contribution in [2.45, 2.75) is 26.3 Å². The molecule has 0 fully saturated rings. The number of aromatic hydroxyl groups is 1. The first kappa shape index (κ1) is 22.0. The molecule has 0 aromatic heterocycles. The largest absolute Gasteiger partial charge is 0.506 e. The van der Waals surface area contributed by atoms with Crippen LogP contribution in [0.15, 0.2) is 70.9 Å². The van der Waals surface area contributed by atoms with E-state index in [4.69, 9.17) is 4.74 Å². The Balaban J connectivity index is 1.77. The quantitative estimate of drug-likeness (QED) is 0.402. The van der Waals surface area contributed by atoms with Crippen LogP contribution in [0.25, 0.3) is 10.8 Å². The minimum Gasteiger partial charge on any atom is -0.506 e. The number of rotatable bonds is 7. The van der Waals surface area contributed by atoms with Gasteiger partial charge in [0, 0.05) is 10.9 Å². The molecule has 1 amide bonds. The number of azo groups is 1. The number of esters is 1. The minimum atomic E-state index is -0.712. The summed E-state index contributed by atoms with van der Waals surface area (Å²) in [5.41, 5.74) is 1.30. The number of amides is 1. The summed E-state index contributed by atoms with van der Waals surface area (Å²) < 4.78 is 4.80. The van der Waals surface area contributed by atoms with E-state index in [1.54, 1.807) is 30.3 Å². The van der Waals surface area contributed by atoms with Crippen molar-refractivity contribution in [3.05, 3.63) is 66.2 Å². The smallest absolute Gasteiger partial charge is 0.328 e. The summed E-state index contributed by atoms with van der Waals surface area (Å²) in [7, 11) is 1.30. The molecule has 0 saturated carbocycles. The minimum absolute atomic E-state index is 0.0392. The second-order valence-electron chi connectivity index (χ2n) is 7.26. The maximum atomic E-state index is 12.6. The van der Waals surface area contributed by atoms with Gasteiger partial charge in [0.25, 0.3) is 5.91 Å². The monoisotopic (exact) mass is 419 g/mol. The van der Waals surface area contributed by atoms with Crippen molar-refractivity contribution in [3.63, 3.8) is 0 Å². The van der Waals surface area contributed by atoms with Gasteiger partial charge in [0.2, 0.25) is 0 Å². The molecule has 0 bridgehead atoms. The molecule has 2 atom stereocenters. The van der Waals surface area contributed by atoms with E-state index in [1.807, 2.05) is 44.2 Å². The highest BCUT2D eigenvalue weighted by Gasteiger charge is 2.27. The van der Waals surface area contributed by atoms with Crippen LogP contribution in [0.1, 0.15) is 30.6 Å². The van der Waals surface area contributed by atoms with E-state index < -0.39 is 12.0 Å². The number of methoxy groups -OCH3 is 1. The number of carbonyl (C=O) groups is 2. The lowest BCUT2D eigenvalue weighted by molar-refractivity contribution is -0.144. The summed E-state index contributed by atoms with van der Waals surface area (Å²) in [5.74, 6) is -0.857. The number of carbonyl (C=O) groups excluding carboxylic acids is 2. The van der Waals surface area contributed by atoms with E-state index in [2.05, 4.69) is 15.5 Å². The predicted octanol–water partition coefficient (Wildman–Crippen LogP) is 5.28. The Morgan fingerprint density at radius 3 is 2.42 bits per heavy atom. The van der Waals surface area contributed by atoms with Crippen LogP contribution in [0.2, 0.25) is 0 Å². The molecule has 0 spiro atoms. The number of benzene rings is 3. The average molecular weight is 419 g/mol. The van der Waals surface area contributed by atoms with E-state index in [9.17, 15) is 14.7 Å². The second-order valence-corrected chi connectivity index (χ2v) is 7.26. The Morgan fingerprint density at radius 1 is 1.03 bits per heavy atom. The van der Waals surface area contributed by atoms with Gasteiger partial charge in [0.15, 0.2) is 0 Å². The number of phenols is 1. The molecule has 3 aromatic rings. The Kier molecular flexibility index (Phi) is 6.97. The molecule has 2 unspecified atom stereocenters. The standard InChI is InChI=1S/C24H25N3O4/c1-4-15(2)21(24(30)31-3)25-23(29)17-9-12-18(13-10-17)26-27-22-19-8-6-5-7-16(19)11-14-20(22)28/h5-15,21,28H,4H2,1-3H3,(H,25,29). The summed E-state index contributed by atoms with van der Waals surface area (Å²) in [5, 5.41) is 23.1.